The van der Waals surface area contributed by atoms with Gasteiger partial charge in [0.1, 0.15) is 0 Å². The first-order chi connectivity index (χ1) is 14.6. The molecular weight excluding hydrogens is 374 g/mol. The largest absolute Gasteiger partial charge is 0.203 e. The second-order valence-electron chi connectivity index (χ2n) is 10.4. The first-order valence-electron chi connectivity index (χ1n) is 13.1. The van der Waals surface area contributed by atoms with E-state index in [9.17, 15) is 8.78 Å². The van der Waals surface area contributed by atoms with Crippen LogP contribution in [0.4, 0.5) is 8.78 Å². The molecule has 170 valence electrons. The van der Waals surface area contributed by atoms with Crippen LogP contribution >= 0.6 is 0 Å². The van der Waals surface area contributed by atoms with Crippen molar-refractivity contribution in [1.29, 1.82) is 0 Å². The molecule has 3 rings (SSSR count). The Morgan fingerprint density at radius 2 is 0.867 bits per heavy atom. The quantitative estimate of drug-likeness (QED) is 0.355. The number of benzene rings is 1. The molecule has 0 unspecified atom stereocenters. The molecule has 0 aliphatic heterocycles. The van der Waals surface area contributed by atoms with Crippen molar-refractivity contribution in [2.45, 2.75) is 117 Å². The molecule has 0 bridgehead atoms. The Hall–Kier alpha value is -0.920. The molecule has 0 heterocycles. The molecular formula is C28H44F2. The van der Waals surface area contributed by atoms with Crippen LogP contribution in [0.1, 0.15) is 115 Å². The van der Waals surface area contributed by atoms with Gasteiger partial charge in [0.25, 0.3) is 0 Å². The fraction of sp³-hybridized carbons (Fsp3) is 0.786. The van der Waals surface area contributed by atoms with Crippen LogP contribution < -0.4 is 0 Å². The zero-order chi connectivity index (χ0) is 21.3. The average Bonchev–Trinajstić information content (AvgIpc) is 2.76. The molecule has 1 aromatic carbocycles. The smallest absolute Gasteiger partial charge is 0.162 e. The van der Waals surface area contributed by atoms with E-state index in [1.165, 1.54) is 77.0 Å². The third-order valence-corrected chi connectivity index (χ3v) is 8.21. The Morgan fingerprint density at radius 3 is 1.17 bits per heavy atom. The number of hydrogen-bond donors (Lipinski definition) is 0. The maximum absolute atomic E-state index is 14.7. The first-order valence-corrected chi connectivity index (χ1v) is 13.1. The van der Waals surface area contributed by atoms with Crippen molar-refractivity contribution < 1.29 is 8.78 Å². The summed E-state index contributed by atoms with van der Waals surface area (Å²) in [6.07, 6.45) is 19.1. The lowest BCUT2D eigenvalue weighted by Crippen LogP contribution is -2.16. The van der Waals surface area contributed by atoms with Gasteiger partial charge in [-0.15, -0.1) is 0 Å². The molecule has 0 amide bonds. The van der Waals surface area contributed by atoms with Crippen LogP contribution in [0.3, 0.4) is 0 Å². The van der Waals surface area contributed by atoms with E-state index in [-0.39, 0.29) is 0 Å². The molecule has 0 spiro atoms. The van der Waals surface area contributed by atoms with E-state index in [1.807, 2.05) is 12.1 Å². The van der Waals surface area contributed by atoms with E-state index in [1.54, 1.807) is 0 Å². The Morgan fingerprint density at radius 1 is 0.567 bits per heavy atom. The monoisotopic (exact) mass is 418 g/mol. The van der Waals surface area contributed by atoms with Gasteiger partial charge >= 0.3 is 0 Å². The SMILES string of the molecule is CCCC1CCC(CCc2ccc(CCC3CCC(CCC)CC3)c(F)c2F)CC1. The fourth-order valence-corrected chi connectivity index (χ4v) is 6.17. The lowest BCUT2D eigenvalue weighted by molar-refractivity contribution is 0.251. The molecule has 0 radical (unpaired) electrons. The van der Waals surface area contributed by atoms with Crippen molar-refractivity contribution in [1.82, 2.24) is 0 Å². The predicted molar refractivity (Wildman–Crippen MR) is 124 cm³/mol. The van der Waals surface area contributed by atoms with E-state index in [4.69, 9.17) is 0 Å². The van der Waals surface area contributed by atoms with Gasteiger partial charge in [-0.3, -0.25) is 0 Å². The van der Waals surface area contributed by atoms with Crippen molar-refractivity contribution in [3.63, 3.8) is 0 Å². The van der Waals surface area contributed by atoms with Crippen molar-refractivity contribution in [3.05, 3.63) is 34.9 Å². The molecule has 2 heteroatoms. The second-order valence-corrected chi connectivity index (χ2v) is 10.4. The Balaban J connectivity index is 1.44. The maximum atomic E-state index is 14.7. The predicted octanol–water partition coefficient (Wildman–Crippen LogP) is 9.04. The Bertz CT molecular complexity index is 567. The lowest BCUT2D eigenvalue weighted by atomic mass is 9.77. The third-order valence-electron chi connectivity index (χ3n) is 8.21. The minimum absolute atomic E-state index is 0.571. The molecule has 1 aromatic rings. The lowest BCUT2D eigenvalue weighted by Gasteiger charge is -2.28. The van der Waals surface area contributed by atoms with Crippen LogP contribution in [0, 0.1) is 35.3 Å². The normalized spacial score (nSPS) is 27.3. The van der Waals surface area contributed by atoms with E-state index in [2.05, 4.69) is 13.8 Å². The van der Waals surface area contributed by atoms with Crippen molar-refractivity contribution in [3.8, 4) is 0 Å². The summed E-state index contributed by atoms with van der Waals surface area (Å²) in [5, 5.41) is 0. The number of rotatable bonds is 10. The maximum Gasteiger partial charge on any atom is 0.162 e. The molecule has 0 atom stereocenters. The minimum atomic E-state index is -0.571. The van der Waals surface area contributed by atoms with Gasteiger partial charge in [0.05, 0.1) is 0 Å². The highest BCUT2D eigenvalue weighted by atomic mass is 19.2. The Labute approximate surface area is 184 Å². The third kappa shape index (κ3) is 6.79. The van der Waals surface area contributed by atoms with Gasteiger partial charge in [0, 0.05) is 0 Å². The van der Waals surface area contributed by atoms with Crippen LogP contribution in [0.2, 0.25) is 0 Å². The molecule has 0 N–H and O–H groups in total. The van der Waals surface area contributed by atoms with Gasteiger partial charge in [-0.25, -0.2) is 8.78 Å². The van der Waals surface area contributed by atoms with Gasteiger partial charge in [-0.2, -0.15) is 0 Å². The number of halogens is 2. The molecule has 0 saturated heterocycles. The summed E-state index contributed by atoms with van der Waals surface area (Å²) >= 11 is 0. The van der Waals surface area contributed by atoms with Crippen LogP contribution in [0.15, 0.2) is 12.1 Å². The summed E-state index contributed by atoms with van der Waals surface area (Å²) in [4.78, 5) is 0. The first kappa shape index (κ1) is 23.7. The van der Waals surface area contributed by atoms with Gasteiger partial charge in [0.15, 0.2) is 11.6 Å². The highest BCUT2D eigenvalue weighted by molar-refractivity contribution is 5.27. The number of aryl methyl sites for hydroxylation is 2. The molecule has 2 aliphatic carbocycles. The molecule has 0 nitrogen and oxygen atoms in total. The summed E-state index contributed by atoms with van der Waals surface area (Å²) in [5.41, 5.74) is 1.18. The van der Waals surface area contributed by atoms with Gasteiger partial charge in [-0.05, 0) is 60.5 Å². The van der Waals surface area contributed by atoms with E-state index < -0.39 is 11.6 Å². The van der Waals surface area contributed by atoms with Crippen molar-refractivity contribution >= 4 is 0 Å². The topological polar surface area (TPSA) is 0 Å². The molecule has 2 saturated carbocycles. The molecule has 2 fully saturated rings. The highest BCUT2D eigenvalue weighted by Crippen LogP contribution is 2.35. The Kier molecular flexibility index (Phi) is 9.65. The van der Waals surface area contributed by atoms with Gasteiger partial charge < -0.3 is 0 Å². The minimum Gasteiger partial charge on any atom is -0.203 e. The van der Waals surface area contributed by atoms with E-state index in [0.717, 1.165) is 24.7 Å². The van der Waals surface area contributed by atoms with E-state index in [0.29, 0.717) is 35.8 Å². The zero-order valence-electron chi connectivity index (χ0n) is 19.5. The summed E-state index contributed by atoms with van der Waals surface area (Å²) in [6, 6.07) is 3.74. The van der Waals surface area contributed by atoms with Crippen LogP contribution in [0.5, 0.6) is 0 Å². The average molecular weight is 419 g/mol. The summed E-state index contributed by atoms with van der Waals surface area (Å²) in [5.74, 6) is 2.06. The van der Waals surface area contributed by atoms with Crippen LogP contribution in [-0.2, 0) is 12.8 Å². The van der Waals surface area contributed by atoms with Crippen LogP contribution in [0.25, 0.3) is 0 Å². The van der Waals surface area contributed by atoms with E-state index >= 15 is 0 Å². The van der Waals surface area contributed by atoms with Crippen LogP contribution in [-0.4, -0.2) is 0 Å². The second kappa shape index (κ2) is 12.2. The summed E-state index contributed by atoms with van der Waals surface area (Å²) < 4.78 is 29.4. The zero-order valence-corrected chi connectivity index (χ0v) is 19.5. The van der Waals surface area contributed by atoms with Gasteiger partial charge in [-0.1, -0.05) is 103 Å². The summed E-state index contributed by atoms with van der Waals surface area (Å²) in [7, 11) is 0. The standard InChI is InChI=1S/C28H44F2/c1-3-5-21-7-11-23(12-8-21)15-17-25-19-20-26(28(30)27(25)29)18-16-24-13-9-22(6-4-2)10-14-24/h19-24H,3-18H2,1-2H3. The van der Waals surface area contributed by atoms with Crippen molar-refractivity contribution in [2.75, 3.05) is 0 Å². The summed E-state index contributed by atoms with van der Waals surface area (Å²) in [6.45, 7) is 4.54. The molecule has 30 heavy (non-hydrogen) atoms. The number of hydrogen-bond acceptors (Lipinski definition) is 0. The van der Waals surface area contributed by atoms with Gasteiger partial charge in [0.2, 0.25) is 0 Å². The molecule has 2 aliphatic rings. The van der Waals surface area contributed by atoms with Crippen molar-refractivity contribution in [2.24, 2.45) is 23.7 Å². The molecule has 0 aromatic heterocycles. The highest BCUT2D eigenvalue weighted by Gasteiger charge is 2.23. The fourth-order valence-electron chi connectivity index (χ4n) is 6.17.